The van der Waals surface area contributed by atoms with Gasteiger partial charge >= 0.3 is 5.97 Å². The summed E-state index contributed by atoms with van der Waals surface area (Å²) < 4.78 is 0. The molecule has 88 valence electrons. The lowest BCUT2D eigenvalue weighted by Crippen LogP contribution is -1.99. The predicted octanol–water partition coefficient (Wildman–Crippen LogP) is 2.22. The Bertz CT molecular complexity index is 525. The highest BCUT2D eigenvalue weighted by atomic mass is 32.1. The minimum absolute atomic E-state index is 0.0154. The van der Waals surface area contributed by atoms with Crippen molar-refractivity contribution in [3.8, 4) is 0 Å². The van der Waals surface area contributed by atoms with Gasteiger partial charge < -0.3 is 10.4 Å². The minimum Gasteiger partial charge on any atom is -0.481 e. The van der Waals surface area contributed by atoms with Crippen molar-refractivity contribution in [2.45, 2.75) is 13.3 Å². The predicted molar refractivity (Wildman–Crippen MR) is 65.7 cm³/mol. The summed E-state index contributed by atoms with van der Waals surface area (Å²) in [5.74, 6) is -0.841. The zero-order chi connectivity index (χ0) is 12.3. The number of carbonyl (C=O) groups is 1. The molecule has 0 saturated heterocycles. The maximum absolute atomic E-state index is 10.6. The molecule has 6 heteroatoms. The van der Waals surface area contributed by atoms with Crippen LogP contribution in [0.25, 0.3) is 0 Å². The lowest BCUT2D eigenvalue weighted by Gasteiger charge is -1.99. The third-order valence-corrected chi connectivity index (χ3v) is 3.21. The molecule has 2 aromatic rings. The Balaban J connectivity index is 2.15. The molecular weight excluding hydrogens is 238 g/mol. The molecule has 17 heavy (non-hydrogen) atoms. The largest absolute Gasteiger partial charge is 0.481 e. The van der Waals surface area contributed by atoms with Gasteiger partial charge in [0.15, 0.2) is 5.13 Å². The van der Waals surface area contributed by atoms with Crippen LogP contribution in [0.3, 0.4) is 0 Å². The molecule has 2 aromatic heterocycles. The smallest absolute Gasteiger partial charge is 0.308 e. The Labute approximate surface area is 102 Å². The minimum atomic E-state index is -0.841. The van der Waals surface area contributed by atoms with E-state index in [1.54, 1.807) is 12.4 Å². The van der Waals surface area contributed by atoms with Gasteiger partial charge in [0.25, 0.3) is 0 Å². The number of carboxylic acid groups (broad SMARTS) is 1. The first-order valence-electron chi connectivity index (χ1n) is 5.00. The molecule has 0 bridgehead atoms. The molecule has 0 aliphatic carbocycles. The third-order valence-electron chi connectivity index (χ3n) is 2.14. The summed E-state index contributed by atoms with van der Waals surface area (Å²) in [5.41, 5.74) is 1.64. The van der Waals surface area contributed by atoms with E-state index in [1.807, 2.05) is 19.1 Å². The van der Waals surface area contributed by atoms with Crippen molar-refractivity contribution in [1.29, 1.82) is 0 Å². The number of anilines is 2. The number of hydrogen-bond donors (Lipinski definition) is 2. The summed E-state index contributed by atoms with van der Waals surface area (Å²) in [6.07, 6.45) is 3.38. The fourth-order valence-electron chi connectivity index (χ4n) is 1.34. The second kappa shape index (κ2) is 4.92. The topological polar surface area (TPSA) is 75.1 Å². The van der Waals surface area contributed by atoms with E-state index in [0.717, 1.165) is 16.3 Å². The van der Waals surface area contributed by atoms with E-state index < -0.39 is 5.97 Å². The summed E-state index contributed by atoms with van der Waals surface area (Å²) >= 11 is 1.36. The number of pyridine rings is 1. The Morgan fingerprint density at radius 2 is 2.18 bits per heavy atom. The second-order valence-corrected chi connectivity index (χ2v) is 4.54. The van der Waals surface area contributed by atoms with Crippen LogP contribution in [0.4, 0.5) is 10.8 Å². The molecule has 2 heterocycles. The molecule has 0 atom stereocenters. The molecule has 0 unspecified atom stereocenters. The van der Waals surface area contributed by atoms with Crippen LogP contribution in [0.2, 0.25) is 0 Å². The summed E-state index contributed by atoms with van der Waals surface area (Å²) in [6.45, 7) is 1.81. The summed E-state index contributed by atoms with van der Waals surface area (Å²) in [7, 11) is 0. The van der Waals surface area contributed by atoms with Crippen LogP contribution in [0.5, 0.6) is 0 Å². The van der Waals surface area contributed by atoms with Crippen LogP contribution in [0.1, 0.15) is 10.6 Å². The average molecular weight is 249 g/mol. The first kappa shape index (κ1) is 11.5. The molecule has 0 aromatic carbocycles. The van der Waals surface area contributed by atoms with Gasteiger partial charge in [0, 0.05) is 23.0 Å². The second-order valence-electron chi connectivity index (χ2n) is 3.46. The summed E-state index contributed by atoms with van der Waals surface area (Å²) in [6, 6.07) is 3.65. The van der Waals surface area contributed by atoms with Crippen LogP contribution in [-0.4, -0.2) is 21.0 Å². The maximum Gasteiger partial charge on any atom is 0.308 e. The van der Waals surface area contributed by atoms with E-state index in [1.165, 1.54) is 11.3 Å². The number of thiazole rings is 1. The zero-order valence-electron chi connectivity index (χ0n) is 9.17. The lowest BCUT2D eigenvalue weighted by atomic mass is 10.3. The fraction of sp³-hybridized carbons (Fsp3) is 0.182. The van der Waals surface area contributed by atoms with Gasteiger partial charge in [0.05, 0.1) is 12.1 Å². The quantitative estimate of drug-likeness (QED) is 0.869. The van der Waals surface area contributed by atoms with Crippen molar-refractivity contribution >= 4 is 28.1 Å². The van der Waals surface area contributed by atoms with Crippen LogP contribution >= 0.6 is 11.3 Å². The maximum atomic E-state index is 10.6. The fourth-order valence-corrected chi connectivity index (χ4v) is 2.32. The van der Waals surface area contributed by atoms with E-state index in [0.29, 0.717) is 5.13 Å². The zero-order valence-corrected chi connectivity index (χ0v) is 9.99. The highest BCUT2D eigenvalue weighted by molar-refractivity contribution is 7.15. The van der Waals surface area contributed by atoms with Crippen molar-refractivity contribution in [1.82, 2.24) is 9.97 Å². The van der Waals surface area contributed by atoms with E-state index in [-0.39, 0.29) is 6.42 Å². The van der Waals surface area contributed by atoms with Gasteiger partial charge in [0.2, 0.25) is 0 Å². The monoisotopic (exact) mass is 249 g/mol. The summed E-state index contributed by atoms with van der Waals surface area (Å²) in [4.78, 5) is 19.6. The number of rotatable bonds is 4. The molecule has 5 nitrogen and oxygen atoms in total. The highest BCUT2D eigenvalue weighted by Gasteiger charge is 2.10. The van der Waals surface area contributed by atoms with Gasteiger partial charge in [-0.3, -0.25) is 9.78 Å². The Morgan fingerprint density at radius 3 is 2.82 bits per heavy atom. The highest BCUT2D eigenvalue weighted by Crippen LogP contribution is 2.25. The molecule has 0 amide bonds. The van der Waals surface area contributed by atoms with Crippen molar-refractivity contribution in [2.24, 2.45) is 0 Å². The van der Waals surface area contributed by atoms with E-state index in [2.05, 4.69) is 15.3 Å². The first-order chi connectivity index (χ1) is 8.15. The van der Waals surface area contributed by atoms with E-state index >= 15 is 0 Å². The SMILES string of the molecule is Cc1nc(Nc2ccncc2)sc1CC(=O)O. The number of nitrogens with zero attached hydrogens (tertiary/aromatic N) is 2. The first-order valence-corrected chi connectivity index (χ1v) is 5.82. The number of aliphatic carboxylic acids is 1. The van der Waals surface area contributed by atoms with Crippen molar-refractivity contribution in [3.63, 3.8) is 0 Å². The molecule has 2 rings (SSSR count). The number of nitrogens with one attached hydrogen (secondary N) is 1. The molecule has 0 saturated carbocycles. The van der Waals surface area contributed by atoms with E-state index in [4.69, 9.17) is 5.11 Å². The van der Waals surface area contributed by atoms with Crippen molar-refractivity contribution in [2.75, 3.05) is 5.32 Å². The van der Waals surface area contributed by atoms with Gasteiger partial charge in [0.1, 0.15) is 0 Å². The van der Waals surface area contributed by atoms with Crippen LogP contribution in [0, 0.1) is 6.92 Å². The summed E-state index contributed by atoms with van der Waals surface area (Å²) in [5, 5.41) is 12.6. The average Bonchev–Trinajstić information content (AvgIpc) is 2.59. The molecular formula is C11H11N3O2S. The molecule has 0 radical (unpaired) electrons. The Kier molecular flexibility index (Phi) is 3.34. The van der Waals surface area contributed by atoms with Gasteiger partial charge in [-0.1, -0.05) is 0 Å². The van der Waals surface area contributed by atoms with Crippen LogP contribution < -0.4 is 5.32 Å². The number of aryl methyl sites for hydroxylation is 1. The Morgan fingerprint density at radius 1 is 1.47 bits per heavy atom. The lowest BCUT2D eigenvalue weighted by molar-refractivity contribution is -0.136. The van der Waals surface area contributed by atoms with Gasteiger partial charge in [-0.2, -0.15) is 0 Å². The van der Waals surface area contributed by atoms with Gasteiger partial charge in [-0.05, 0) is 19.1 Å². The van der Waals surface area contributed by atoms with Crippen molar-refractivity contribution in [3.05, 3.63) is 35.1 Å². The number of aromatic nitrogens is 2. The van der Waals surface area contributed by atoms with Gasteiger partial charge in [-0.15, -0.1) is 11.3 Å². The molecule has 0 aliphatic rings. The van der Waals surface area contributed by atoms with Crippen molar-refractivity contribution < 1.29 is 9.90 Å². The van der Waals surface area contributed by atoms with Gasteiger partial charge in [-0.25, -0.2) is 4.98 Å². The molecule has 0 aliphatic heterocycles. The normalized spacial score (nSPS) is 10.2. The van der Waals surface area contributed by atoms with Crippen LogP contribution in [0.15, 0.2) is 24.5 Å². The molecule has 2 N–H and O–H groups in total. The van der Waals surface area contributed by atoms with Crippen LogP contribution in [-0.2, 0) is 11.2 Å². The number of carboxylic acids is 1. The Hall–Kier alpha value is -1.95. The van der Waals surface area contributed by atoms with E-state index in [9.17, 15) is 4.79 Å². The molecule has 0 spiro atoms. The third kappa shape index (κ3) is 3.01. The standard InChI is InChI=1S/C11H11N3O2S/c1-7-9(6-10(15)16)17-11(13-7)14-8-2-4-12-5-3-8/h2-5H,6H2,1H3,(H,15,16)(H,12,13,14). The number of hydrogen-bond acceptors (Lipinski definition) is 5. The molecule has 0 fully saturated rings.